The molecule has 0 aliphatic carbocycles. The molecule has 1 aromatic carbocycles. The fraction of sp³-hybridized carbons (Fsp3) is 0.537. The molecule has 28 heteroatoms. The van der Waals surface area contributed by atoms with Crippen molar-refractivity contribution in [3.63, 3.8) is 0 Å². The number of nitriles is 1. The molecule has 3 saturated heterocycles. The molecular weight excluding hydrogens is 980 g/mol. The maximum Gasteiger partial charge on any atom is 0.328 e. The summed E-state index contributed by atoms with van der Waals surface area (Å²) >= 11 is 6.07. The number of rotatable bonds is 11. The van der Waals surface area contributed by atoms with Crippen molar-refractivity contribution in [1.82, 2.24) is 39.0 Å². The van der Waals surface area contributed by atoms with Crippen molar-refractivity contribution >= 4 is 80.3 Å². The van der Waals surface area contributed by atoms with Gasteiger partial charge >= 0.3 is 14.3 Å². The highest BCUT2D eigenvalue weighted by molar-refractivity contribution is 8.07. The monoisotopic (exact) mass is 1030 g/mol. The van der Waals surface area contributed by atoms with Crippen molar-refractivity contribution in [3.8, 4) is 6.07 Å². The number of hydrogen-bond acceptors (Lipinski definition) is 18. The number of aromatic nitrogens is 8. The Hall–Kier alpha value is -4.74. The molecule has 3 fully saturated rings. The second-order valence-corrected chi connectivity index (χ2v) is 28.1. The van der Waals surface area contributed by atoms with Gasteiger partial charge in [-0.15, -0.1) is 0 Å². The van der Waals surface area contributed by atoms with E-state index in [0.717, 1.165) is 6.33 Å². The van der Waals surface area contributed by atoms with E-state index in [2.05, 4.69) is 40.5 Å². The predicted octanol–water partition coefficient (Wildman–Crippen LogP) is 5.86. The van der Waals surface area contributed by atoms with E-state index in [0.29, 0.717) is 5.56 Å². The van der Waals surface area contributed by atoms with Gasteiger partial charge in [-0.3, -0.25) is 47.4 Å². The molecule has 2 bridgehead atoms. The highest BCUT2D eigenvalue weighted by atomic mass is 32.5. The molecule has 370 valence electrons. The summed E-state index contributed by atoms with van der Waals surface area (Å²) in [5, 5.41) is 14.4. The maximum atomic E-state index is 17.0. The van der Waals surface area contributed by atoms with Crippen molar-refractivity contribution in [3.05, 3.63) is 65.2 Å². The van der Waals surface area contributed by atoms with Crippen molar-refractivity contribution < 1.29 is 55.4 Å². The summed E-state index contributed by atoms with van der Waals surface area (Å²) in [6, 6.07) is 10.4. The second-order valence-electron chi connectivity index (χ2n) is 18.4. The summed E-state index contributed by atoms with van der Waals surface area (Å²) in [7, 11) is -7.55. The Kier molecular flexibility index (Phi) is 14.5. The summed E-state index contributed by atoms with van der Waals surface area (Å²) in [4.78, 5) is 74.8. The smallest absolute Gasteiger partial charge is 0.328 e. The number of imidazole rings is 2. The van der Waals surface area contributed by atoms with Gasteiger partial charge in [0.1, 0.15) is 30.7 Å². The molecule has 4 N–H and O–H groups in total. The SMILES string of the molecule is CC(C)C(=O)Nc1nc2c(ncn2[C@@H]2O[C@@H]3CCP(=O)(O)O[C@H]4[C@@H](F)[C@H](n5cnc6c(NC(=O)c7ccccc7)ncnc65)O[C@H]4COP(=S)(OCCC#N)O[C@@H]2[C@@H]3O[Si](C)(C)C(C)(C)C)c(=O)[nH]1. The van der Waals surface area contributed by atoms with Crippen LogP contribution in [-0.2, 0) is 53.2 Å². The molecule has 3 aliphatic rings. The van der Waals surface area contributed by atoms with Crippen LogP contribution in [0.25, 0.3) is 22.3 Å². The number of anilines is 2. The van der Waals surface area contributed by atoms with Gasteiger partial charge in [-0.05, 0) is 48.5 Å². The first-order valence-electron chi connectivity index (χ1n) is 22.0. The normalized spacial score (nSPS) is 28.9. The van der Waals surface area contributed by atoms with E-state index in [9.17, 15) is 29.1 Å². The number of nitrogens with one attached hydrogen (secondary N) is 3. The molecule has 7 heterocycles. The summed E-state index contributed by atoms with van der Waals surface area (Å²) < 4.78 is 78.9. The molecule has 3 aliphatic heterocycles. The van der Waals surface area contributed by atoms with E-state index in [4.69, 9.17) is 43.8 Å². The standard InChI is InChI=1S/C41H52FN11O12P2SSi/c1-22(2)35(54)50-40-49-34-28(37(56)51-40)47-21-53(34)39-31-30(65-69(6,7)41(3,4)5)24(61-39)14-17-66(57,58)63-29-25(18-60-67(68,64-31)59-16-11-15-43)62-38(26(29)42)52-20-46-27-32(44-19-45-33(27)52)48-36(55)23-12-9-8-10-13-23/h8-10,12-13,19-22,24-26,29-31,38-39H,11,14,16-18H2,1-7H3,(H,57,58)(H,44,45,48,55)(H2,49,50,51,54,56)/t24-,25+,26-,29-,30-,31-,38-,39-,67?/m1/s1. The number of benzene rings is 1. The van der Waals surface area contributed by atoms with Crippen LogP contribution in [0, 0.1) is 17.2 Å². The van der Waals surface area contributed by atoms with Crippen LogP contribution >= 0.6 is 14.3 Å². The second kappa shape index (κ2) is 19.8. The third-order valence-corrected chi connectivity index (χ3v) is 20.5. The van der Waals surface area contributed by atoms with Gasteiger partial charge in [0, 0.05) is 11.5 Å². The minimum Gasteiger partial charge on any atom is -0.408 e. The van der Waals surface area contributed by atoms with Crippen LogP contribution in [0.15, 0.2) is 54.1 Å². The predicted molar refractivity (Wildman–Crippen MR) is 252 cm³/mol. The Bertz CT molecular complexity index is 2930. The molecule has 0 radical (unpaired) electrons. The van der Waals surface area contributed by atoms with Crippen molar-refractivity contribution in [2.24, 2.45) is 5.92 Å². The van der Waals surface area contributed by atoms with Gasteiger partial charge in [0.05, 0.1) is 50.6 Å². The van der Waals surface area contributed by atoms with Crippen LogP contribution in [0.2, 0.25) is 18.1 Å². The zero-order valence-corrected chi connectivity index (χ0v) is 42.2. The van der Waals surface area contributed by atoms with Gasteiger partial charge in [0.15, 0.2) is 55.1 Å². The lowest BCUT2D eigenvalue weighted by atomic mass is 10.1. The highest BCUT2D eigenvalue weighted by Gasteiger charge is 2.56. The molecule has 5 aromatic rings. The van der Waals surface area contributed by atoms with E-state index < -0.39 is 108 Å². The third-order valence-electron chi connectivity index (χ3n) is 12.3. The van der Waals surface area contributed by atoms with E-state index in [1.807, 2.05) is 39.9 Å². The minimum absolute atomic E-state index is 0.0229. The van der Waals surface area contributed by atoms with Crippen LogP contribution < -0.4 is 16.2 Å². The lowest BCUT2D eigenvalue weighted by molar-refractivity contribution is -0.118. The summed E-state index contributed by atoms with van der Waals surface area (Å²) in [6.45, 7) is 8.36. The number of alkyl halides is 1. The average Bonchev–Trinajstić information content (AvgIpc) is 4.06. The Labute approximate surface area is 400 Å². The van der Waals surface area contributed by atoms with E-state index in [-0.39, 0.29) is 58.6 Å². The average molecular weight is 1030 g/mol. The number of H-pyrrole nitrogens is 1. The topological polar surface area (TPSA) is 291 Å². The zero-order chi connectivity index (χ0) is 49.6. The van der Waals surface area contributed by atoms with Crippen LogP contribution in [-0.4, -0.2) is 120 Å². The van der Waals surface area contributed by atoms with E-state index in [1.54, 1.807) is 44.2 Å². The minimum atomic E-state index is -4.75. The number of ether oxygens (including phenoxy) is 2. The van der Waals surface area contributed by atoms with E-state index >= 15 is 4.39 Å². The number of halogens is 1. The van der Waals surface area contributed by atoms with E-state index in [1.165, 1.54) is 21.8 Å². The Balaban J connectivity index is 1.17. The van der Waals surface area contributed by atoms with Crippen LogP contribution in [0.5, 0.6) is 0 Å². The first-order valence-corrected chi connectivity index (χ1v) is 29.2. The molecule has 2 amide bonds. The van der Waals surface area contributed by atoms with Gasteiger partial charge < -0.3 is 33.2 Å². The molecule has 4 aromatic heterocycles. The quantitative estimate of drug-likeness (QED) is 0.0684. The molecule has 23 nitrogen and oxygen atoms in total. The van der Waals surface area contributed by atoms with Crippen molar-refractivity contribution in [2.75, 3.05) is 30.0 Å². The molecule has 8 rings (SSSR count). The Morgan fingerprint density at radius 3 is 2.42 bits per heavy atom. The van der Waals surface area contributed by atoms with Gasteiger partial charge in [-0.2, -0.15) is 10.2 Å². The molecular formula is C41H52FN11O12P2SSi. The van der Waals surface area contributed by atoms with Crippen LogP contribution in [0.4, 0.5) is 16.2 Å². The highest BCUT2D eigenvalue weighted by Crippen LogP contribution is 2.58. The molecule has 69 heavy (non-hydrogen) atoms. The number of carbonyl (C=O) groups excluding carboxylic acids is 2. The number of aromatic amines is 1. The number of hydrogen-bond donors (Lipinski definition) is 4. The molecule has 2 unspecified atom stereocenters. The molecule has 10 atom stereocenters. The number of nitrogens with zero attached hydrogens (tertiary/aromatic N) is 8. The number of fused-ring (bicyclic) bond motifs is 5. The third kappa shape index (κ3) is 10.7. The number of carbonyl (C=O) groups is 2. The lowest BCUT2D eigenvalue weighted by Crippen LogP contribution is -2.49. The largest absolute Gasteiger partial charge is 0.408 e. The van der Waals surface area contributed by atoms with Crippen molar-refractivity contribution in [1.29, 1.82) is 5.26 Å². The fourth-order valence-corrected chi connectivity index (χ4v) is 12.3. The van der Waals surface area contributed by atoms with Crippen molar-refractivity contribution in [2.45, 2.75) is 115 Å². The zero-order valence-electron chi connectivity index (χ0n) is 38.5. The van der Waals surface area contributed by atoms with Crippen LogP contribution in [0.1, 0.15) is 70.3 Å². The summed E-state index contributed by atoms with van der Waals surface area (Å²) in [5.41, 5.74) is -0.301. The Morgan fingerprint density at radius 2 is 1.72 bits per heavy atom. The summed E-state index contributed by atoms with van der Waals surface area (Å²) in [5.74, 6) is -1.48. The van der Waals surface area contributed by atoms with Gasteiger partial charge in [-0.25, -0.2) is 24.3 Å². The molecule has 0 spiro atoms. The Morgan fingerprint density at radius 1 is 1.03 bits per heavy atom. The maximum absolute atomic E-state index is 17.0. The van der Waals surface area contributed by atoms with Gasteiger partial charge in [-0.1, -0.05) is 52.8 Å². The first-order chi connectivity index (χ1) is 32.6. The van der Waals surface area contributed by atoms with Crippen LogP contribution in [0.3, 0.4) is 0 Å². The fourth-order valence-electron chi connectivity index (χ4n) is 7.59. The number of amides is 2. The van der Waals surface area contributed by atoms with Gasteiger partial charge in [0.2, 0.25) is 11.9 Å². The molecule has 0 saturated carbocycles. The first kappa shape index (κ1) is 50.6. The van der Waals surface area contributed by atoms with Gasteiger partial charge in [0.25, 0.3) is 11.5 Å². The summed E-state index contributed by atoms with van der Waals surface area (Å²) in [6.07, 6.45) is -8.82. The lowest BCUT2D eigenvalue weighted by Gasteiger charge is -2.41.